The number of aliphatic hydroxyl groups is 1. The Morgan fingerprint density at radius 3 is 2.76 bits per heavy atom. The third-order valence-corrected chi connectivity index (χ3v) is 2.80. The van der Waals surface area contributed by atoms with E-state index in [9.17, 15) is 5.11 Å². The van der Waals surface area contributed by atoms with Gasteiger partial charge >= 0.3 is 0 Å². The summed E-state index contributed by atoms with van der Waals surface area (Å²) < 4.78 is 5.20. The van der Waals surface area contributed by atoms with Crippen molar-refractivity contribution in [2.24, 2.45) is 10.7 Å². The van der Waals surface area contributed by atoms with Crippen LogP contribution in [0.2, 0.25) is 0 Å². The third-order valence-electron chi connectivity index (χ3n) is 2.80. The molecule has 0 heterocycles. The molecule has 0 atom stereocenters. The summed E-state index contributed by atoms with van der Waals surface area (Å²) in [5, 5.41) is 12.8. The second-order valence-corrected chi connectivity index (χ2v) is 4.26. The van der Waals surface area contributed by atoms with E-state index in [1.807, 2.05) is 6.92 Å². The van der Waals surface area contributed by atoms with Crippen molar-refractivity contribution in [2.75, 3.05) is 26.3 Å². The quantitative estimate of drug-likeness (QED) is 0.273. The molecule has 1 saturated carbocycles. The first kappa shape index (κ1) is 16.9. The summed E-state index contributed by atoms with van der Waals surface area (Å²) in [5.41, 5.74) is 5.08. The maximum absolute atomic E-state index is 9.79. The van der Waals surface area contributed by atoms with Crippen LogP contribution in [0.25, 0.3) is 0 Å². The second-order valence-electron chi connectivity index (χ2n) is 4.26. The monoisotopic (exact) mass is 357 g/mol. The van der Waals surface area contributed by atoms with Gasteiger partial charge in [-0.1, -0.05) is 0 Å². The van der Waals surface area contributed by atoms with Crippen molar-refractivity contribution in [3.8, 4) is 0 Å². The molecular weight excluding hydrogens is 333 g/mol. The van der Waals surface area contributed by atoms with Crippen LogP contribution in [0.1, 0.15) is 32.6 Å². The Morgan fingerprint density at radius 1 is 1.53 bits per heavy atom. The largest absolute Gasteiger partial charge is 0.388 e. The molecule has 102 valence electrons. The predicted octanol–water partition coefficient (Wildman–Crippen LogP) is 0.850. The molecule has 0 aromatic rings. The molecule has 6 heteroatoms. The minimum atomic E-state index is -0.586. The van der Waals surface area contributed by atoms with Crippen molar-refractivity contribution >= 4 is 29.9 Å². The van der Waals surface area contributed by atoms with E-state index >= 15 is 0 Å². The molecule has 0 unspecified atom stereocenters. The fourth-order valence-electron chi connectivity index (χ4n) is 1.57. The zero-order valence-electron chi connectivity index (χ0n) is 10.4. The van der Waals surface area contributed by atoms with Gasteiger partial charge < -0.3 is 20.9 Å². The number of halogens is 1. The smallest absolute Gasteiger partial charge is 0.188 e. The van der Waals surface area contributed by atoms with E-state index in [0.717, 1.165) is 45.4 Å². The van der Waals surface area contributed by atoms with Crippen molar-refractivity contribution < 1.29 is 9.84 Å². The van der Waals surface area contributed by atoms with Gasteiger partial charge in [-0.3, -0.25) is 4.99 Å². The van der Waals surface area contributed by atoms with Gasteiger partial charge in [0.15, 0.2) is 5.96 Å². The standard InChI is InChI=1S/C11H23N3O2.HI/c1-2-16-8-4-7-13-10(12)14-9-11(15)5-3-6-11;/h15H,2-9H2,1H3,(H3,12,13,14);1H. The molecule has 5 nitrogen and oxygen atoms in total. The molecule has 1 aliphatic rings. The molecule has 1 fully saturated rings. The van der Waals surface area contributed by atoms with Gasteiger partial charge in [0.25, 0.3) is 0 Å². The van der Waals surface area contributed by atoms with Gasteiger partial charge in [-0.25, -0.2) is 0 Å². The summed E-state index contributed by atoms with van der Waals surface area (Å²) in [7, 11) is 0. The average molecular weight is 357 g/mol. The number of guanidine groups is 1. The molecule has 4 N–H and O–H groups in total. The average Bonchev–Trinajstić information content (AvgIpc) is 2.23. The van der Waals surface area contributed by atoms with E-state index in [2.05, 4.69) is 10.3 Å². The van der Waals surface area contributed by atoms with Gasteiger partial charge in [0, 0.05) is 19.8 Å². The summed E-state index contributed by atoms with van der Waals surface area (Å²) in [4.78, 5) is 4.13. The molecule has 17 heavy (non-hydrogen) atoms. The topological polar surface area (TPSA) is 79.9 Å². The highest BCUT2D eigenvalue weighted by atomic mass is 127. The van der Waals surface area contributed by atoms with Crippen LogP contribution in [0.3, 0.4) is 0 Å². The molecular formula is C11H24IN3O2. The zero-order chi connectivity index (χ0) is 11.9. The van der Waals surface area contributed by atoms with Crippen LogP contribution < -0.4 is 11.1 Å². The molecule has 0 aromatic carbocycles. The molecule has 0 saturated heterocycles. The Kier molecular flexibility index (Phi) is 8.89. The molecule has 1 rings (SSSR count). The van der Waals surface area contributed by atoms with Crippen molar-refractivity contribution in [1.29, 1.82) is 0 Å². The Hall–Kier alpha value is -0.0800. The molecule has 1 aliphatic carbocycles. The number of ether oxygens (including phenoxy) is 1. The van der Waals surface area contributed by atoms with Crippen molar-refractivity contribution in [1.82, 2.24) is 5.32 Å². The van der Waals surface area contributed by atoms with Crippen LogP contribution >= 0.6 is 24.0 Å². The van der Waals surface area contributed by atoms with Crippen LogP contribution in [0.15, 0.2) is 4.99 Å². The third kappa shape index (κ3) is 7.05. The van der Waals surface area contributed by atoms with Crippen LogP contribution in [-0.2, 0) is 4.74 Å². The van der Waals surface area contributed by atoms with E-state index in [0.29, 0.717) is 12.5 Å². The normalized spacial score (nSPS) is 18.1. The summed E-state index contributed by atoms with van der Waals surface area (Å²) in [5.74, 6) is 0.414. The van der Waals surface area contributed by atoms with E-state index in [1.54, 1.807) is 0 Å². The first-order valence-electron chi connectivity index (χ1n) is 6.00. The lowest BCUT2D eigenvalue weighted by atomic mass is 9.80. The Labute approximate surface area is 120 Å². The Balaban J connectivity index is 0.00000256. The summed E-state index contributed by atoms with van der Waals surface area (Å²) >= 11 is 0. The fraction of sp³-hybridized carbons (Fsp3) is 0.909. The van der Waals surface area contributed by atoms with Crippen molar-refractivity contribution in [3.05, 3.63) is 0 Å². The Morgan fingerprint density at radius 2 is 2.24 bits per heavy atom. The summed E-state index contributed by atoms with van der Waals surface area (Å²) in [6.45, 7) is 4.63. The number of nitrogens with two attached hydrogens (primary N) is 1. The molecule has 0 amide bonds. The maximum atomic E-state index is 9.79. The van der Waals surface area contributed by atoms with Gasteiger partial charge in [-0.15, -0.1) is 24.0 Å². The van der Waals surface area contributed by atoms with Gasteiger partial charge in [-0.2, -0.15) is 0 Å². The SMILES string of the molecule is CCOCCCNC(N)=NCC1(O)CCC1.I. The highest BCUT2D eigenvalue weighted by Crippen LogP contribution is 2.31. The van der Waals surface area contributed by atoms with Crippen molar-refractivity contribution in [2.45, 2.75) is 38.2 Å². The summed E-state index contributed by atoms with van der Waals surface area (Å²) in [6.07, 6.45) is 3.68. The number of hydrogen-bond acceptors (Lipinski definition) is 3. The number of aliphatic imine (C=N–C) groups is 1. The lowest BCUT2D eigenvalue weighted by Gasteiger charge is -2.34. The summed E-state index contributed by atoms with van der Waals surface area (Å²) in [6, 6.07) is 0. The minimum absolute atomic E-state index is 0. The predicted molar refractivity (Wildman–Crippen MR) is 79.8 cm³/mol. The highest BCUT2D eigenvalue weighted by Gasteiger charge is 2.33. The van der Waals surface area contributed by atoms with Crippen molar-refractivity contribution in [3.63, 3.8) is 0 Å². The van der Waals surface area contributed by atoms with Crippen LogP contribution in [0.5, 0.6) is 0 Å². The van der Waals surface area contributed by atoms with Gasteiger partial charge in [0.1, 0.15) is 0 Å². The van der Waals surface area contributed by atoms with Crippen LogP contribution in [-0.4, -0.2) is 43.0 Å². The van der Waals surface area contributed by atoms with E-state index < -0.39 is 5.60 Å². The maximum Gasteiger partial charge on any atom is 0.188 e. The van der Waals surface area contributed by atoms with Gasteiger partial charge in [0.2, 0.25) is 0 Å². The minimum Gasteiger partial charge on any atom is -0.388 e. The molecule has 0 aliphatic heterocycles. The van der Waals surface area contributed by atoms with E-state index in [1.165, 1.54) is 0 Å². The first-order valence-corrected chi connectivity index (χ1v) is 6.00. The number of nitrogens with zero attached hydrogens (tertiary/aromatic N) is 1. The first-order chi connectivity index (χ1) is 7.66. The lowest BCUT2D eigenvalue weighted by Crippen LogP contribution is -2.42. The van der Waals surface area contributed by atoms with E-state index in [4.69, 9.17) is 10.5 Å². The van der Waals surface area contributed by atoms with Crippen LogP contribution in [0.4, 0.5) is 0 Å². The number of nitrogens with one attached hydrogen (secondary N) is 1. The molecule has 0 radical (unpaired) electrons. The Bertz CT molecular complexity index is 233. The lowest BCUT2D eigenvalue weighted by molar-refractivity contribution is -0.0235. The zero-order valence-corrected chi connectivity index (χ0v) is 12.8. The number of rotatable bonds is 7. The fourth-order valence-corrected chi connectivity index (χ4v) is 1.57. The number of hydrogen-bond donors (Lipinski definition) is 3. The van der Waals surface area contributed by atoms with Gasteiger partial charge in [0.05, 0.1) is 12.1 Å². The van der Waals surface area contributed by atoms with E-state index in [-0.39, 0.29) is 24.0 Å². The molecule has 0 bridgehead atoms. The second kappa shape index (κ2) is 8.93. The highest BCUT2D eigenvalue weighted by molar-refractivity contribution is 14.0. The molecule has 0 spiro atoms. The van der Waals surface area contributed by atoms with Crippen LogP contribution in [0, 0.1) is 0 Å². The van der Waals surface area contributed by atoms with Gasteiger partial charge in [-0.05, 0) is 32.6 Å². The molecule has 0 aromatic heterocycles.